The molecule has 2 aromatic heterocycles. The maximum absolute atomic E-state index is 12.1. The summed E-state index contributed by atoms with van der Waals surface area (Å²) < 4.78 is 26.2. The molecule has 0 saturated carbocycles. The first kappa shape index (κ1) is 15.2. The van der Waals surface area contributed by atoms with Gasteiger partial charge in [0.25, 0.3) is 0 Å². The average molecular weight is 390 g/mol. The Balaban J connectivity index is 2.13. The van der Waals surface area contributed by atoms with Crippen molar-refractivity contribution in [3.63, 3.8) is 0 Å². The minimum Gasteiger partial charge on any atom is -0.337 e. The van der Waals surface area contributed by atoms with Gasteiger partial charge < -0.3 is 9.30 Å². The summed E-state index contributed by atoms with van der Waals surface area (Å²) in [5.74, 6) is 2.28. The second-order valence-electron chi connectivity index (χ2n) is 5.00. The smallest absolute Gasteiger partial charge is 0.169 e. The minimum absolute atomic E-state index is 0.501. The van der Waals surface area contributed by atoms with Crippen LogP contribution in [0.2, 0.25) is 0 Å². The predicted octanol–water partition coefficient (Wildman–Crippen LogP) is 2.15. The summed E-state index contributed by atoms with van der Waals surface area (Å²) in [7, 11) is -3.15. The third kappa shape index (κ3) is 2.80. The van der Waals surface area contributed by atoms with Crippen molar-refractivity contribution in [2.45, 2.75) is 10.7 Å². The van der Waals surface area contributed by atoms with Crippen molar-refractivity contribution < 1.29 is 8.42 Å². The standard InChI is InChI=1S/C13H16BrN3O2S2/c1-21(18,19)12-9-20-7-6-17(12)13-10(8-14)16-5-3-2-4-11(16)15-13/h2-5,12H,6-9H2,1H3. The van der Waals surface area contributed by atoms with Gasteiger partial charge in [-0.2, -0.15) is 11.8 Å². The number of fused-ring (bicyclic) bond motifs is 1. The van der Waals surface area contributed by atoms with Crippen molar-refractivity contribution in [1.29, 1.82) is 0 Å². The number of sulfone groups is 1. The van der Waals surface area contributed by atoms with Gasteiger partial charge in [-0.05, 0) is 12.1 Å². The Labute approximate surface area is 136 Å². The number of pyridine rings is 1. The third-order valence-electron chi connectivity index (χ3n) is 3.59. The Morgan fingerprint density at radius 2 is 2.29 bits per heavy atom. The van der Waals surface area contributed by atoms with Crippen molar-refractivity contribution >= 4 is 49.0 Å². The normalized spacial score (nSPS) is 20.1. The van der Waals surface area contributed by atoms with E-state index in [1.54, 1.807) is 11.8 Å². The zero-order valence-electron chi connectivity index (χ0n) is 11.6. The molecule has 8 heteroatoms. The summed E-state index contributed by atoms with van der Waals surface area (Å²) in [5, 5.41) is 0.132. The van der Waals surface area contributed by atoms with Gasteiger partial charge in [0.15, 0.2) is 15.7 Å². The van der Waals surface area contributed by atoms with E-state index < -0.39 is 15.2 Å². The average Bonchev–Trinajstić information content (AvgIpc) is 2.84. The van der Waals surface area contributed by atoms with E-state index in [0.29, 0.717) is 17.6 Å². The number of nitrogens with zero attached hydrogens (tertiary/aromatic N) is 3. The van der Waals surface area contributed by atoms with Gasteiger partial charge in [-0.3, -0.25) is 0 Å². The van der Waals surface area contributed by atoms with Crippen molar-refractivity contribution in [3.05, 3.63) is 30.1 Å². The second-order valence-corrected chi connectivity index (χ2v) is 8.91. The quantitative estimate of drug-likeness (QED) is 0.752. The first-order valence-electron chi connectivity index (χ1n) is 6.57. The second kappa shape index (κ2) is 5.81. The molecule has 5 nitrogen and oxygen atoms in total. The summed E-state index contributed by atoms with van der Waals surface area (Å²) in [6.07, 6.45) is 3.26. The summed E-state index contributed by atoms with van der Waals surface area (Å²) in [6.45, 7) is 0.701. The largest absolute Gasteiger partial charge is 0.337 e. The highest BCUT2D eigenvalue weighted by Gasteiger charge is 2.34. The number of aromatic nitrogens is 2. The van der Waals surface area contributed by atoms with Crippen molar-refractivity contribution in [1.82, 2.24) is 9.38 Å². The molecule has 3 heterocycles. The van der Waals surface area contributed by atoms with Gasteiger partial charge >= 0.3 is 0 Å². The molecule has 0 radical (unpaired) electrons. The number of rotatable bonds is 3. The molecule has 1 atom stereocenters. The summed E-state index contributed by atoms with van der Waals surface area (Å²) in [5.41, 5.74) is 1.83. The molecule has 0 N–H and O–H groups in total. The van der Waals surface area contributed by atoms with E-state index in [1.165, 1.54) is 6.26 Å². The van der Waals surface area contributed by atoms with Gasteiger partial charge in [-0.15, -0.1) is 0 Å². The molecular weight excluding hydrogens is 374 g/mol. The van der Waals surface area contributed by atoms with Crippen LogP contribution in [0.4, 0.5) is 5.82 Å². The fraction of sp³-hybridized carbons (Fsp3) is 0.462. The van der Waals surface area contributed by atoms with E-state index in [9.17, 15) is 8.42 Å². The van der Waals surface area contributed by atoms with Gasteiger partial charge in [0.2, 0.25) is 0 Å². The maximum Gasteiger partial charge on any atom is 0.169 e. The van der Waals surface area contributed by atoms with E-state index in [1.807, 2.05) is 33.7 Å². The molecule has 3 rings (SSSR count). The molecule has 1 unspecified atom stereocenters. The van der Waals surface area contributed by atoms with Crippen LogP contribution in [0.3, 0.4) is 0 Å². The fourth-order valence-electron chi connectivity index (χ4n) is 2.57. The van der Waals surface area contributed by atoms with Crippen molar-refractivity contribution in [2.24, 2.45) is 0 Å². The highest BCUT2D eigenvalue weighted by Crippen LogP contribution is 2.30. The molecule has 1 aliphatic heterocycles. The van der Waals surface area contributed by atoms with E-state index in [0.717, 1.165) is 22.9 Å². The number of halogens is 1. The summed E-state index contributed by atoms with van der Waals surface area (Å²) >= 11 is 5.19. The summed E-state index contributed by atoms with van der Waals surface area (Å²) in [6, 6.07) is 5.82. The Hall–Kier alpha value is -0.730. The Bertz CT molecular complexity index is 760. The SMILES string of the molecule is CS(=O)(=O)C1CSCCN1c1nc2ccccn2c1CBr. The highest BCUT2D eigenvalue weighted by atomic mass is 79.9. The van der Waals surface area contributed by atoms with Crippen LogP contribution >= 0.6 is 27.7 Å². The molecule has 0 aromatic carbocycles. The lowest BCUT2D eigenvalue weighted by molar-refractivity contribution is 0.583. The number of imidazole rings is 1. The number of anilines is 1. The van der Waals surface area contributed by atoms with Crippen LogP contribution in [0, 0.1) is 0 Å². The lowest BCUT2D eigenvalue weighted by atomic mass is 10.4. The minimum atomic E-state index is -3.15. The molecule has 2 aromatic rings. The third-order valence-corrected chi connectivity index (χ3v) is 6.76. The van der Waals surface area contributed by atoms with E-state index in [4.69, 9.17) is 0 Å². The molecule has 21 heavy (non-hydrogen) atoms. The van der Waals surface area contributed by atoms with Crippen LogP contribution in [0.25, 0.3) is 5.65 Å². The fourth-order valence-corrected chi connectivity index (χ4v) is 5.91. The first-order valence-corrected chi connectivity index (χ1v) is 10.8. The van der Waals surface area contributed by atoms with Crippen molar-refractivity contribution in [3.8, 4) is 0 Å². The zero-order chi connectivity index (χ0) is 15.0. The van der Waals surface area contributed by atoms with Gasteiger partial charge in [0.1, 0.15) is 11.0 Å². The van der Waals surface area contributed by atoms with E-state index in [-0.39, 0.29) is 0 Å². The van der Waals surface area contributed by atoms with Crippen molar-refractivity contribution in [2.75, 3.05) is 29.2 Å². The first-order chi connectivity index (χ1) is 10.0. The van der Waals surface area contributed by atoms with Gasteiger partial charge in [0, 0.05) is 35.8 Å². The Morgan fingerprint density at radius 1 is 1.48 bits per heavy atom. The lowest BCUT2D eigenvalue weighted by Gasteiger charge is -2.34. The topological polar surface area (TPSA) is 54.7 Å². The number of hydrogen-bond donors (Lipinski definition) is 0. The van der Waals surface area contributed by atoms with E-state index in [2.05, 4.69) is 20.9 Å². The Kier molecular flexibility index (Phi) is 4.20. The molecule has 0 spiro atoms. The van der Waals surface area contributed by atoms with Crippen LogP contribution in [-0.4, -0.2) is 47.5 Å². The van der Waals surface area contributed by atoms with Crippen LogP contribution in [0.5, 0.6) is 0 Å². The number of thioether (sulfide) groups is 1. The molecular formula is C13H16BrN3O2S2. The molecule has 1 fully saturated rings. The van der Waals surface area contributed by atoms with Gasteiger partial charge in [0.05, 0.1) is 5.69 Å². The van der Waals surface area contributed by atoms with Crippen LogP contribution in [-0.2, 0) is 15.2 Å². The monoisotopic (exact) mass is 389 g/mol. The van der Waals surface area contributed by atoms with Gasteiger partial charge in [-0.25, -0.2) is 13.4 Å². The molecule has 1 saturated heterocycles. The molecule has 0 aliphatic carbocycles. The number of hydrogen-bond acceptors (Lipinski definition) is 5. The molecule has 1 aliphatic rings. The molecule has 0 bridgehead atoms. The molecule has 0 amide bonds. The van der Waals surface area contributed by atoms with Crippen LogP contribution < -0.4 is 4.90 Å². The van der Waals surface area contributed by atoms with Crippen LogP contribution in [0.1, 0.15) is 5.69 Å². The molecule has 114 valence electrons. The highest BCUT2D eigenvalue weighted by molar-refractivity contribution is 9.08. The summed E-state index contributed by atoms with van der Waals surface area (Å²) in [4.78, 5) is 6.60. The van der Waals surface area contributed by atoms with Gasteiger partial charge in [-0.1, -0.05) is 22.0 Å². The predicted molar refractivity (Wildman–Crippen MR) is 91.1 cm³/mol. The Morgan fingerprint density at radius 3 is 3.00 bits per heavy atom. The maximum atomic E-state index is 12.1. The lowest BCUT2D eigenvalue weighted by Crippen LogP contribution is -2.47. The van der Waals surface area contributed by atoms with E-state index >= 15 is 0 Å². The number of alkyl halides is 1. The zero-order valence-corrected chi connectivity index (χ0v) is 14.8. The van der Waals surface area contributed by atoms with Crippen LogP contribution in [0.15, 0.2) is 24.4 Å².